The molecule has 2 aromatic heterocycles. The van der Waals surface area contributed by atoms with Gasteiger partial charge in [0.05, 0.1) is 31.2 Å². The maximum Gasteiger partial charge on any atom is 0.257 e. The van der Waals surface area contributed by atoms with E-state index < -0.39 is 10.0 Å². The molecule has 0 saturated carbocycles. The number of imidazole rings is 1. The molecule has 1 aliphatic rings. The fourth-order valence-electron chi connectivity index (χ4n) is 2.80. The van der Waals surface area contributed by atoms with Gasteiger partial charge in [0.2, 0.25) is 10.0 Å². The molecule has 3 heterocycles. The summed E-state index contributed by atoms with van der Waals surface area (Å²) in [6.45, 7) is 0.614. The van der Waals surface area contributed by atoms with Crippen LogP contribution in [0.1, 0.15) is 10.4 Å². The Bertz CT molecular complexity index is 854. The molecule has 10 heteroatoms. The van der Waals surface area contributed by atoms with Gasteiger partial charge in [0.15, 0.2) is 0 Å². The van der Waals surface area contributed by atoms with Crippen molar-refractivity contribution in [2.75, 3.05) is 33.1 Å². The SMILES string of the molecule is CN(C)S(=O)(=O)C[C@@H]1COC[C@H]1NC(=O)c1cnn2ccn(C)c12. The van der Waals surface area contributed by atoms with E-state index in [9.17, 15) is 13.2 Å². The van der Waals surface area contributed by atoms with E-state index in [0.29, 0.717) is 24.4 Å². The van der Waals surface area contributed by atoms with Crippen LogP contribution in [0.25, 0.3) is 5.65 Å². The van der Waals surface area contributed by atoms with Gasteiger partial charge in [-0.1, -0.05) is 0 Å². The van der Waals surface area contributed by atoms with Crippen LogP contribution in [0.3, 0.4) is 0 Å². The lowest BCUT2D eigenvalue weighted by Gasteiger charge is -2.20. The number of fused-ring (bicyclic) bond motifs is 1. The number of hydrogen-bond acceptors (Lipinski definition) is 5. The summed E-state index contributed by atoms with van der Waals surface area (Å²) in [5.74, 6) is -0.617. The summed E-state index contributed by atoms with van der Waals surface area (Å²) in [6.07, 6.45) is 5.08. The van der Waals surface area contributed by atoms with E-state index in [1.807, 2.05) is 13.2 Å². The summed E-state index contributed by atoms with van der Waals surface area (Å²) >= 11 is 0. The smallest absolute Gasteiger partial charge is 0.257 e. The molecule has 2 atom stereocenters. The Hall–Kier alpha value is -1.91. The minimum absolute atomic E-state index is 0.0570. The molecule has 1 fully saturated rings. The summed E-state index contributed by atoms with van der Waals surface area (Å²) in [7, 11) is 1.47. The van der Waals surface area contributed by atoms with Crippen LogP contribution in [0.4, 0.5) is 0 Å². The largest absolute Gasteiger partial charge is 0.379 e. The Morgan fingerprint density at radius 2 is 2.17 bits per heavy atom. The third-order valence-electron chi connectivity index (χ3n) is 4.28. The fourth-order valence-corrected chi connectivity index (χ4v) is 3.97. The number of hydrogen-bond donors (Lipinski definition) is 1. The number of ether oxygens (including phenoxy) is 1. The molecule has 1 amide bonds. The molecule has 0 aliphatic carbocycles. The average molecular weight is 355 g/mol. The second-order valence-electron chi connectivity index (χ2n) is 6.17. The molecule has 0 aromatic carbocycles. The summed E-state index contributed by atoms with van der Waals surface area (Å²) in [5.41, 5.74) is 1.13. The van der Waals surface area contributed by atoms with E-state index in [4.69, 9.17) is 4.74 Å². The summed E-state index contributed by atoms with van der Waals surface area (Å²) in [5, 5.41) is 7.03. The number of carbonyl (C=O) groups excluding carboxylic acids is 1. The van der Waals surface area contributed by atoms with Gasteiger partial charge >= 0.3 is 0 Å². The van der Waals surface area contributed by atoms with Crippen LogP contribution in [0, 0.1) is 5.92 Å². The standard InChI is InChI=1S/C14H21N5O4S/c1-17(2)24(21,22)9-10-7-23-8-12(10)16-13(20)11-6-15-19-5-4-18(3)14(11)19/h4-6,10,12H,7-9H2,1-3H3,(H,16,20)/t10-,12+/m0/s1. The molecule has 0 radical (unpaired) electrons. The lowest BCUT2D eigenvalue weighted by atomic mass is 10.1. The topological polar surface area (TPSA) is 97.9 Å². The number of sulfonamides is 1. The summed E-state index contributed by atoms with van der Waals surface area (Å²) in [6, 6.07) is -0.345. The van der Waals surface area contributed by atoms with Crippen molar-refractivity contribution in [3.63, 3.8) is 0 Å². The van der Waals surface area contributed by atoms with Crippen molar-refractivity contribution < 1.29 is 17.9 Å². The van der Waals surface area contributed by atoms with Crippen LogP contribution in [-0.2, 0) is 21.8 Å². The number of carbonyl (C=O) groups is 1. The second-order valence-corrected chi connectivity index (χ2v) is 8.40. The number of nitrogens with zero attached hydrogens (tertiary/aromatic N) is 4. The maximum absolute atomic E-state index is 12.6. The van der Waals surface area contributed by atoms with Crippen molar-refractivity contribution in [3.8, 4) is 0 Å². The van der Waals surface area contributed by atoms with Crippen LogP contribution in [0.2, 0.25) is 0 Å². The van der Waals surface area contributed by atoms with E-state index in [1.165, 1.54) is 24.6 Å². The zero-order valence-electron chi connectivity index (χ0n) is 13.8. The Morgan fingerprint density at radius 1 is 1.42 bits per heavy atom. The van der Waals surface area contributed by atoms with Gasteiger partial charge in [-0.3, -0.25) is 4.79 Å². The van der Waals surface area contributed by atoms with Gasteiger partial charge < -0.3 is 14.6 Å². The van der Waals surface area contributed by atoms with E-state index in [0.717, 1.165) is 0 Å². The van der Waals surface area contributed by atoms with Crippen molar-refractivity contribution in [2.24, 2.45) is 13.0 Å². The predicted octanol–water partition coefficient (Wildman–Crippen LogP) is -0.691. The third kappa shape index (κ3) is 3.04. The third-order valence-corrected chi connectivity index (χ3v) is 6.24. The van der Waals surface area contributed by atoms with Crippen molar-refractivity contribution in [1.82, 2.24) is 23.8 Å². The van der Waals surface area contributed by atoms with Crippen LogP contribution in [0.15, 0.2) is 18.6 Å². The van der Waals surface area contributed by atoms with Gasteiger partial charge in [0.25, 0.3) is 5.91 Å². The van der Waals surface area contributed by atoms with Gasteiger partial charge in [0.1, 0.15) is 11.2 Å². The first kappa shape index (κ1) is 16.9. The monoisotopic (exact) mass is 355 g/mol. The van der Waals surface area contributed by atoms with Gasteiger partial charge in [-0.05, 0) is 0 Å². The lowest BCUT2D eigenvalue weighted by Crippen LogP contribution is -2.43. The van der Waals surface area contributed by atoms with Crippen molar-refractivity contribution in [2.45, 2.75) is 6.04 Å². The Balaban J connectivity index is 1.75. The van der Waals surface area contributed by atoms with Crippen molar-refractivity contribution in [3.05, 3.63) is 24.2 Å². The molecule has 3 rings (SSSR count). The van der Waals surface area contributed by atoms with Crippen LogP contribution in [-0.4, -0.2) is 71.9 Å². The van der Waals surface area contributed by atoms with E-state index >= 15 is 0 Å². The first-order chi connectivity index (χ1) is 11.3. The fraction of sp³-hybridized carbons (Fsp3) is 0.571. The van der Waals surface area contributed by atoms with Crippen LogP contribution >= 0.6 is 0 Å². The highest BCUT2D eigenvalue weighted by Gasteiger charge is 2.34. The van der Waals surface area contributed by atoms with Crippen molar-refractivity contribution in [1.29, 1.82) is 0 Å². The minimum atomic E-state index is -3.36. The lowest BCUT2D eigenvalue weighted by molar-refractivity contribution is 0.0927. The molecule has 1 aliphatic heterocycles. The normalized spacial score (nSPS) is 21.7. The average Bonchev–Trinajstić information content (AvgIpc) is 3.18. The highest BCUT2D eigenvalue weighted by molar-refractivity contribution is 7.89. The first-order valence-electron chi connectivity index (χ1n) is 7.57. The number of aromatic nitrogens is 3. The number of rotatable bonds is 5. The summed E-state index contributed by atoms with van der Waals surface area (Å²) in [4.78, 5) is 12.6. The van der Waals surface area contributed by atoms with E-state index in [1.54, 1.807) is 15.3 Å². The van der Waals surface area contributed by atoms with Gasteiger partial charge in [-0.25, -0.2) is 17.2 Å². The molecule has 2 aromatic rings. The Morgan fingerprint density at radius 3 is 2.88 bits per heavy atom. The molecule has 24 heavy (non-hydrogen) atoms. The number of aryl methyl sites for hydroxylation is 1. The Kier molecular flexibility index (Phi) is 4.37. The summed E-state index contributed by atoms with van der Waals surface area (Å²) < 4.78 is 34.1. The molecular formula is C14H21N5O4S. The van der Waals surface area contributed by atoms with E-state index in [-0.39, 0.29) is 23.6 Å². The molecule has 132 valence electrons. The maximum atomic E-state index is 12.6. The molecule has 1 N–H and O–H groups in total. The zero-order chi connectivity index (χ0) is 17.5. The molecule has 9 nitrogen and oxygen atoms in total. The quantitative estimate of drug-likeness (QED) is 0.765. The molecule has 0 bridgehead atoms. The van der Waals surface area contributed by atoms with Crippen LogP contribution in [0.5, 0.6) is 0 Å². The van der Waals surface area contributed by atoms with Gasteiger partial charge in [-0.2, -0.15) is 5.10 Å². The molecule has 0 spiro atoms. The highest BCUT2D eigenvalue weighted by Crippen LogP contribution is 2.18. The zero-order valence-corrected chi connectivity index (χ0v) is 14.7. The first-order valence-corrected chi connectivity index (χ1v) is 9.18. The van der Waals surface area contributed by atoms with Crippen molar-refractivity contribution >= 4 is 21.6 Å². The molecule has 1 saturated heterocycles. The van der Waals surface area contributed by atoms with E-state index in [2.05, 4.69) is 10.4 Å². The Labute approximate surface area is 140 Å². The van der Waals surface area contributed by atoms with Gasteiger partial charge in [-0.15, -0.1) is 0 Å². The highest BCUT2D eigenvalue weighted by atomic mass is 32.2. The minimum Gasteiger partial charge on any atom is -0.379 e. The second kappa shape index (κ2) is 6.19. The molecule has 0 unspecified atom stereocenters. The van der Waals surface area contributed by atoms with Gasteiger partial charge in [0, 0.05) is 39.5 Å². The predicted molar refractivity (Wildman–Crippen MR) is 87.2 cm³/mol. The number of amides is 1. The molecular weight excluding hydrogens is 334 g/mol. The number of nitrogens with one attached hydrogen (secondary N) is 1. The van der Waals surface area contributed by atoms with Crippen LogP contribution < -0.4 is 5.32 Å².